The van der Waals surface area contributed by atoms with Crippen LogP contribution >= 0.6 is 0 Å². The number of amides is 1. The molecule has 0 aromatic rings. The molecule has 0 aromatic carbocycles. The molecule has 1 aliphatic rings. The molecule has 1 fully saturated rings. The van der Waals surface area contributed by atoms with Gasteiger partial charge in [-0.3, -0.25) is 4.79 Å². The number of ether oxygens (including phenoxy) is 2. The van der Waals surface area contributed by atoms with Crippen molar-refractivity contribution < 1.29 is 24.2 Å². The fourth-order valence-electron chi connectivity index (χ4n) is 1.81. The lowest BCUT2D eigenvalue weighted by molar-refractivity contribution is -0.163. The second kappa shape index (κ2) is 7.45. The van der Waals surface area contributed by atoms with E-state index in [2.05, 4.69) is 13.8 Å². The molecule has 0 unspecified atom stereocenters. The van der Waals surface area contributed by atoms with E-state index < -0.39 is 18.2 Å². The summed E-state index contributed by atoms with van der Waals surface area (Å²) in [7, 11) is 0. The van der Waals surface area contributed by atoms with Crippen LogP contribution in [0.1, 0.15) is 27.2 Å². The molecule has 2 atom stereocenters. The normalized spacial score (nSPS) is 21.5. The third kappa shape index (κ3) is 5.16. The van der Waals surface area contributed by atoms with Crippen molar-refractivity contribution in [2.45, 2.75) is 39.4 Å². The number of aliphatic carboxylic acids is 1. The van der Waals surface area contributed by atoms with Crippen molar-refractivity contribution in [3.63, 3.8) is 0 Å². The number of hydrogen-bond donors (Lipinski definition) is 1. The van der Waals surface area contributed by atoms with Crippen molar-refractivity contribution in [3.8, 4) is 0 Å². The predicted molar refractivity (Wildman–Crippen MR) is 68.8 cm³/mol. The van der Waals surface area contributed by atoms with Gasteiger partial charge in [0.15, 0.2) is 6.10 Å². The van der Waals surface area contributed by atoms with E-state index in [9.17, 15) is 9.59 Å². The number of hydrogen-bond acceptors (Lipinski definition) is 4. The Morgan fingerprint density at radius 3 is 2.68 bits per heavy atom. The van der Waals surface area contributed by atoms with Gasteiger partial charge >= 0.3 is 5.97 Å². The van der Waals surface area contributed by atoms with Crippen LogP contribution in [0.3, 0.4) is 0 Å². The topological polar surface area (TPSA) is 76.1 Å². The monoisotopic (exact) mass is 273 g/mol. The van der Waals surface area contributed by atoms with Crippen LogP contribution in [0.25, 0.3) is 0 Å². The molecule has 1 saturated heterocycles. The maximum absolute atomic E-state index is 12.1. The molecule has 1 heterocycles. The first-order valence-corrected chi connectivity index (χ1v) is 6.66. The summed E-state index contributed by atoms with van der Waals surface area (Å²) in [5, 5.41) is 8.88. The second-order valence-corrected chi connectivity index (χ2v) is 5.18. The minimum Gasteiger partial charge on any atom is -0.479 e. The van der Waals surface area contributed by atoms with Crippen molar-refractivity contribution in [2.75, 3.05) is 26.3 Å². The van der Waals surface area contributed by atoms with Crippen LogP contribution in [0.15, 0.2) is 0 Å². The zero-order valence-corrected chi connectivity index (χ0v) is 11.8. The van der Waals surface area contributed by atoms with E-state index in [1.165, 1.54) is 4.90 Å². The maximum atomic E-state index is 12.1. The van der Waals surface area contributed by atoms with E-state index in [0.29, 0.717) is 19.1 Å². The lowest BCUT2D eigenvalue weighted by Gasteiger charge is -2.32. The molecule has 0 aliphatic carbocycles. The minimum absolute atomic E-state index is 0.0893. The molecule has 6 nitrogen and oxygen atoms in total. The Kier molecular flexibility index (Phi) is 6.24. The van der Waals surface area contributed by atoms with Crippen LogP contribution in [0.4, 0.5) is 0 Å². The number of carboxylic acids is 1. The van der Waals surface area contributed by atoms with Gasteiger partial charge in [-0.05, 0) is 19.3 Å². The lowest BCUT2D eigenvalue weighted by atomic mass is 10.1. The van der Waals surface area contributed by atoms with E-state index in [1.54, 1.807) is 6.92 Å². The first-order chi connectivity index (χ1) is 8.91. The van der Waals surface area contributed by atoms with E-state index in [-0.39, 0.29) is 19.1 Å². The molecule has 19 heavy (non-hydrogen) atoms. The van der Waals surface area contributed by atoms with E-state index in [4.69, 9.17) is 14.6 Å². The second-order valence-electron chi connectivity index (χ2n) is 5.18. The zero-order chi connectivity index (χ0) is 14.4. The number of rotatable bonds is 6. The van der Waals surface area contributed by atoms with Gasteiger partial charge in [0, 0.05) is 13.2 Å². The first kappa shape index (κ1) is 15.9. The van der Waals surface area contributed by atoms with Crippen molar-refractivity contribution in [1.82, 2.24) is 4.90 Å². The van der Waals surface area contributed by atoms with Gasteiger partial charge < -0.3 is 19.5 Å². The molecule has 1 aliphatic heterocycles. The molecule has 1 rings (SSSR count). The summed E-state index contributed by atoms with van der Waals surface area (Å²) < 4.78 is 10.6. The van der Waals surface area contributed by atoms with Gasteiger partial charge in [-0.25, -0.2) is 4.79 Å². The van der Waals surface area contributed by atoms with Gasteiger partial charge in [-0.15, -0.1) is 0 Å². The minimum atomic E-state index is -1.04. The van der Waals surface area contributed by atoms with Crippen LogP contribution < -0.4 is 0 Å². The summed E-state index contributed by atoms with van der Waals surface area (Å²) in [4.78, 5) is 24.4. The number of carbonyl (C=O) groups excluding carboxylic acids is 1. The lowest BCUT2D eigenvalue weighted by Crippen LogP contribution is -2.51. The van der Waals surface area contributed by atoms with Crippen LogP contribution in [-0.4, -0.2) is 60.4 Å². The summed E-state index contributed by atoms with van der Waals surface area (Å²) in [6, 6.07) is 0. The Hall–Kier alpha value is -1.14. The molecule has 110 valence electrons. The molecular weight excluding hydrogens is 250 g/mol. The molecule has 0 spiro atoms. The zero-order valence-electron chi connectivity index (χ0n) is 11.8. The Bertz CT molecular complexity index is 318. The summed E-state index contributed by atoms with van der Waals surface area (Å²) >= 11 is 0. The number of carboxylic acid groups (broad SMARTS) is 1. The molecule has 1 N–H and O–H groups in total. The van der Waals surface area contributed by atoms with Crippen molar-refractivity contribution in [1.29, 1.82) is 0 Å². The predicted octanol–water partition coefficient (Wildman–Crippen LogP) is 0.750. The highest BCUT2D eigenvalue weighted by atomic mass is 16.5. The first-order valence-electron chi connectivity index (χ1n) is 6.66. The van der Waals surface area contributed by atoms with Crippen molar-refractivity contribution in [2.24, 2.45) is 5.92 Å². The van der Waals surface area contributed by atoms with E-state index in [1.807, 2.05) is 0 Å². The van der Waals surface area contributed by atoms with Crippen LogP contribution in [0.2, 0.25) is 0 Å². The summed E-state index contributed by atoms with van der Waals surface area (Å²) in [6.45, 7) is 7.18. The molecule has 1 amide bonds. The number of morpholine rings is 1. The highest BCUT2D eigenvalue weighted by Gasteiger charge is 2.31. The van der Waals surface area contributed by atoms with Gasteiger partial charge in [0.2, 0.25) is 0 Å². The van der Waals surface area contributed by atoms with Gasteiger partial charge in [0.25, 0.3) is 5.91 Å². The third-order valence-corrected chi connectivity index (χ3v) is 3.06. The smallest absolute Gasteiger partial charge is 0.334 e. The summed E-state index contributed by atoms with van der Waals surface area (Å²) in [5.74, 6) is -0.675. The Labute approximate surface area is 113 Å². The maximum Gasteiger partial charge on any atom is 0.334 e. The Morgan fingerprint density at radius 1 is 1.42 bits per heavy atom. The molecule has 0 radical (unpaired) electrons. The number of carbonyl (C=O) groups is 2. The highest BCUT2D eigenvalue weighted by molar-refractivity contribution is 5.82. The van der Waals surface area contributed by atoms with Crippen molar-refractivity contribution in [3.05, 3.63) is 0 Å². The SMILES string of the molecule is CC(C)CCO[C@H](C)C(=O)N1CCO[C@@H](C(=O)O)C1. The molecule has 0 bridgehead atoms. The summed E-state index contributed by atoms with van der Waals surface area (Å²) in [6.07, 6.45) is -0.565. The Balaban J connectivity index is 2.40. The largest absolute Gasteiger partial charge is 0.479 e. The van der Waals surface area contributed by atoms with Crippen molar-refractivity contribution >= 4 is 11.9 Å². The van der Waals surface area contributed by atoms with Gasteiger partial charge in [0.1, 0.15) is 6.10 Å². The Morgan fingerprint density at radius 2 is 2.11 bits per heavy atom. The molecule has 0 aromatic heterocycles. The van der Waals surface area contributed by atoms with Crippen LogP contribution in [-0.2, 0) is 19.1 Å². The average molecular weight is 273 g/mol. The van der Waals surface area contributed by atoms with Gasteiger partial charge in [0.05, 0.1) is 13.2 Å². The fourth-order valence-corrected chi connectivity index (χ4v) is 1.81. The standard InChI is InChI=1S/C13H23NO5/c1-9(2)4-6-18-10(3)12(15)14-5-7-19-11(8-14)13(16)17/h9-11H,4-8H2,1-3H3,(H,16,17)/t10-,11-/m1/s1. The van der Waals surface area contributed by atoms with Crippen LogP contribution in [0.5, 0.6) is 0 Å². The van der Waals surface area contributed by atoms with E-state index in [0.717, 1.165) is 6.42 Å². The molecule has 6 heteroatoms. The quantitative estimate of drug-likeness (QED) is 0.773. The molecule has 0 saturated carbocycles. The molecular formula is C13H23NO5. The highest BCUT2D eigenvalue weighted by Crippen LogP contribution is 2.09. The number of nitrogens with zero attached hydrogens (tertiary/aromatic N) is 1. The summed E-state index contributed by atoms with van der Waals surface area (Å²) in [5.41, 5.74) is 0. The van der Waals surface area contributed by atoms with E-state index >= 15 is 0 Å². The fraction of sp³-hybridized carbons (Fsp3) is 0.846. The average Bonchev–Trinajstić information content (AvgIpc) is 2.37. The van der Waals surface area contributed by atoms with Gasteiger partial charge in [-0.1, -0.05) is 13.8 Å². The van der Waals surface area contributed by atoms with Crippen LogP contribution in [0, 0.1) is 5.92 Å². The third-order valence-electron chi connectivity index (χ3n) is 3.06. The van der Waals surface area contributed by atoms with Gasteiger partial charge in [-0.2, -0.15) is 0 Å².